The first-order valence-corrected chi connectivity index (χ1v) is 12.7. The minimum Gasteiger partial charge on any atom is -0.487 e. The van der Waals surface area contributed by atoms with E-state index in [9.17, 15) is 26.4 Å². The van der Waals surface area contributed by atoms with Gasteiger partial charge in [-0.1, -0.05) is 24.3 Å². The molecular weight excluding hydrogens is 519 g/mol. The zero-order chi connectivity index (χ0) is 26.9. The number of carboxylic acid groups (broad SMARTS) is 1. The summed E-state index contributed by atoms with van der Waals surface area (Å²) in [6, 6.07) is 7.58. The first-order chi connectivity index (χ1) is 16.6. The summed E-state index contributed by atoms with van der Waals surface area (Å²) in [5.74, 6) is -1.41. The summed E-state index contributed by atoms with van der Waals surface area (Å²) in [4.78, 5) is 10.3. The Bertz CT molecular complexity index is 1300. The lowest BCUT2D eigenvalue weighted by atomic mass is 10.0. The fourth-order valence-corrected chi connectivity index (χ4v) is 5.44. The number of nitrogens with zero attached hydrogens (tertiary/aromatic N) is 1. The van der Waals surface area contributed by atoms with Crippen molar-refractivity contribution in [2.75, 3.05) is 4.31 Å². The van der Waals surface area contributed by atoms with Gasteiger partial charge >= 0.3 is 12.1 Å². The van der Waals surface area contributed by atoms with Gasteiger partial charge in [-0.2, -0.15) is 13.2 Å². The van der Waals surface area contributed by atoms with Crippen LogP contribution >= 0.6 is 11.6 Å². The molecule has 0 fully saturated rings. The molecule has 0 heterocycles. The molecule has 2 aromatic carbocycles. The molecule has 36 heavy (non-hydrogen) atoms. The molecule has 1 aliphatic carbocycles. The van der Waals surface area contributed by atoms with Crippen LogP contribution in [0.15, 0.2) is 65.6 Å². The normalized spacial score (nSPS) is 18.2. The average Bonchev–Trinajstić information content (AvgIpc) is 2.77. The van der Waals surface area contributed by atoms with E-state index in [1.54, 1.807) is 26.8 Å². The molecule has 11 heteroatoms. The Morgan fingerprint density at radius 2 is 1.83 bits per heavy atom. The molecule has 1 aliphatic rings. The van der Waals surface area contributed by atoms with Crippen LogP contribution in [-0.2, 0) is 22.8 Å². The van der Waals surface area contributed by atoms with E-state index in [-0.39, 0.29) is 34.9 Å². The highest BCUT2D eigenvalue weighted by Crippen LogP contribution is 2.40. The molecule has 1 N–H and O–H groups in total. The zero-order valence-corrected chi connectivity index (χ0v) is 21.3. The van der Waals surface area contributed by atoms with E-state index in [0.717, 1.165) is 22.5 Å². The van der Waals surface area contributed by atoms with Crippen molar-refractivity contribution in [2.24, 2.45) is 0 Å². The number of benzene rings is 2. The van der Waals surface area contributed by atoms with Crippen LogP contribution in [0.1, 0.15) is 48.7 Å². The standard InChI is InChI=1S/C25H25ClF3NO5S/c1-16(2)30(36(33,34)20-10-12-24(3,26)13-11-20)21-9-8-19(25(27,28)29)14-22(21)35-15-17-4-6-18(7-5-17)23(31)32/h4-12,14,16H,13,15H2,1-3H3,(H,31,32). The molecule has 0 aromatic heterocycles. The van der Waals surface area contributed by atoms with Crippen LogP contribution in [0.3, 0.4) is 0 Å². The number of sulfonamides is 1. The lowest BCUT2D eigenvalue weighted by molar-refractivity contribution is -0.137. The monoisotopic (exact) mass is 543 g/mol. The van der Waals surface area contributed by atoms with Crippen molar-refractivity contribution < 1.29 is 36.2 Å². The lowest BCUT2D eigenvalue weighted by Crippen LogP contribution is -2.38. The number of carbonyl (C=O) groups is 1. The number of ether oxygens (including phenoxy) is 1. The molecule has 0 aliphatic heterocycles. The van der Waals surface area contributed by atoms with Crippen LogP contribution in [0.4, 0.5) is 18.9 Å². The highest BCUT2D eigenvalue weighted by Gasteiger charge is 2.36. The van der Waals surface area contributed by atoms with Crippen molar-refractivity contribution in [1.29, 1.82) is 0 Å². The third-order valence-electron chi connectivity index (χ3n) is 5.44. The minimum absolute atomic E-state index is 0.0237. The third kappa shape index (κ3) is 6.22. The number of aromatic carboxylic acids is 1. The maximum atomic E-state index is 13.6. The highest BCUT2D eigenvalue weighted by atomic mass is 35.5. The number of hydrogen-bond acceptors (Lipinski definition) is 4. The van der Waals surface area contributed by atoms with E-state index < -0.39 is 38.6 Å². The van der Waals surface area contributed by atoms with Crippen molar-refractivity contribution in [3.05, 3.63) is 82.3 Å². The number of allylic oxidation sites excluding steroid dienone is 3. The lowest BCUT2D eigenvalue weighted by Gasteiger charge is -2.31. The van der Waals surface area contributed by atoms with Crippen molar-refractivity contribution in [1.82, 2.24) is 0 Å². The van der Waals surface area contributed by atoms with Gasteiger partial charge < -0.3 is 9.84 Å². The molecule has 194 valence electrons. The molecule has 6 nitrogen and oxygen atoms in total. The molecule has 1 atom stereocenters. The van der Waals surface area contributed by atoms with Crippen molar-refractivity contribution in [3.63, 3.8) is 0 Å². The molecule has 2 aromatic rings. The maximum absolute atomic E-state index is 13.6. The van der Waals surface area contributed by atoms with E-state index in [0.29, 0.717) is 5.56 Å². The van der Waals surface area contributed by atoms with Gasteiger partial charge in [0.2, 0.25) is 0 Å². The fourth-order valence-electron chi connectivity index (χ4n) is 3.57. The number of rotatable bonds is 8. The average molecular weight is 544 g/mol. The van der Waals surface area contributed by atoms with Crippen molar-refractivity contribution in [3.8, 4) is 5.75 Å². The maximum Gasteiger partial charge on any atom is 0.416 e. The topological polar surface area (TPSA) is 83.9 Å². The summed E-state index contributed by atoms with van der Waals surface area (Å²) in [6.45, 7) is 4.72. The zero-order valence-electron chi connectivity index (χ0n) is 19.7. The van der Waals surface area contributed by atoms with Crippen LogP contribution < -0.4 is 9.04 Å². The van der Waals surface area contributed by atoms with Gasteiger partial charge in [0.15, 0.2) is 0 Å². The predicted octanol–water partition coefficient (Wildman–Crippen LogP) is 6.37. The Hall–Kier alpha value is -2.98. The van der Waals surface area contributed by atoms with E-state index in [4.69, 9.17) is 21.4 Å². The number of hydrogen-bond donors (Lipinski definition) is 1. The molecule has 3 rings (SSSR count). The number of halogens is 4. The van der Waals surface area contributed by atoms with Crippen LogP contribution in [0.2, 0.25) is 0 Å². The Labute approximate surface area is 212 Å². The van der Waals surface area contributed by atoms with Gasteiger partial charge in [0.1, 0.15) is 12.4 Å². The summed E-state index contributed by atoms with van der Waals surface area (Å²) < 4.78 is 74.3. The van der Waals surface area contributed by atoms with Crippen molar-refractivity contribution >= 4 is 33.3 Å². The number of alkyl halides is 4. The predicted molar refractivity (Wildman–Crippen MR) is 132 cm³/mol. The molecule has 0 amide bonds. The first kappa shape index (κ1) is 27.6. The molecular formula is C25H25ClF3NO5S. The summed E-state index contributed by atoms with van der Waals surface area (Å²) in [6.07, 6.45) is 0.00205. The number of anilines is 1. The Kier molecular flexibility index (Phi) is 7.80. The van der Waals surface area contributed by atoms with Crippen LogP contribution in [0, 0.1) is 0 Å². The van der Waals surface area contributed by atoms with Gasteiger partial charge in [0.05, 0.1) is 26.6 Å². The van der Waals surface area contributed by atoms with Gasteiger partial charge in [-0.25, -0.2) is 13.2 Å². The highest BCUT2D eigenvalue weighted by molar-refractivity contribution is 7.96. The van der Waals surface area contributed by atoms with Gasteiger partial charge in [0, 0.05) is 6.04 Å². The van der Waals surface area contributed by atoms with Gasteiger partial charge in [0.25, 0.3) is 10.0 Å². The summed E-state index contributed by atoms with van der Waals surface area (Å²) >= 11 is 6.26. The SMILES string of the molecule is CC(C)N(c1ccc(C(F)(F)F)cc1OCc1ccc(C(=O)O)cc1)S(=O)(=O)C1=CCC(C)(Cl)C=C1. The summed E-state index contributed by atoms with van der Waals surface area (Å²) in [5, 5.41) is 9.04. The van der Waals surface area contributed by atoms with Gasteiger partial charge in [-0.3, -0.25) is 4.31 Å². The second kappa shape index (κ2) is 10.2. The Morgan fingerprint density at radius 1 is 1.19 bits per heavy atom. The minimum atomic E-state index is -4.68. The molecule has 0 saturated heterocycles. The molecule has 0 spiro atoms. The van der Waals surface area contributed by atoms with Crippen molar-refractivity contribution in [2.45, 2.75) is 50.9 Å². The quantitative estimate of drug-likeness (QED) is 0.391. The summed E-state index contributed by atoms with van der Waals surface area (Å²) in [7, 11) is -4.17. The molecule has 1 unspecified atom stereocenters. The third-order valence-corrected chi connectivity index (χ3v) is 7.76. The largest absolute Gasteiger partial charge is 0.487 e. The van der Waals surface area contributed by atoms with Crippen LogP contribution in [-0.4, -0.2) is 30.4 Å². The molecule has 0 radical (unpaired) electrons. The van der Waals surface area contributed by atoms with Gasteiger partial charge in [-0.15, -0.1) is 11.6 Å². The second-order valence-corrected chi connectivity index (χ2v) is 11.5. The first-order valence-electron chi connectivity index (χ1n) is 10.9. The smallest absolute Gasteiger partial charge is 0.416 e. The van der Waals surface area contributed by atoms with E-state index in [1.807, 2.05) is 0 Å². The van der Waals surface area contributed by atoms with Gasteiger partial charge in [-0.05, 0) is 69.2 Å². The summed E-state index contributed by atoms with van der Waals surface area (Å²) in [5.41, 5.74) is -0.536. The van der Waals surface area contributed by atoms with Crippen LogP contribution in [0.5, 0.6) is 5.75 Å². The Balaban J connectivity index is 2.03. The second-order valence-electron chi connectivity index (χ2n) is 8.79. The van der Waals surface area contributed by atoms with E-state index in [1.165, 1.54) is 36.4 Å². The van der Waals surface area contributed by atoms with E-state index in [2.05, 4.69) is 0 Å². The number of carboxylic acids is 1. The Morgan fingerprint density at radius 3 is 2.33 bits per heavy atom. The molecule has 0 saturated carbocycles. The molecule has 0 bridgehead atoms. The van der Waals surface area contributed by atoms with E-state index >= 15 is 0 Å². The fraction of sp³-hybridized carbons (Fsp3) is 0.320. The van der Waals surface area contributed by atoms with Crippen LogP contribution in [0.25, 0.3) is 0 Å².